The molecular formula is C23H29N3O5. The molecule has 0 bridgehead atoms. The molecule has 2 aromatic rings. The number of aliphatic hydroxyl groups is 1. The molecule has 4 N–H and O–H groups in total. The molecule has 0 saturated carbocycles. The fourth-order valence-electron chi connectivity index (χ4n) is 3.48. The number of benzene rings is 2. The van der Waals surface area contributed by atoms with Crippen LogP contribution in [0.2, 0.25) is 0 Å². The van der Waals surface area contributed by atoms with E-state index in [9.17, 15) is 14.7 Å². The van der Waals surface area contributed by atoms with Crippen LogP contribution in [0.4, 0.5) is 0 Å². The van der Waals surface area contributed by atoms with Crippen molar-refractivity contribution >= 4 is 11.8 Å². The molecule has 0 aliphatic carbocycles. The lowest BCUT2D eigenvalue weighted by Gasteiger charge is -2.28. The van der Waals surface area contributed by atoms with Crippen molar-refractivity contribution in [2.75, 3.05) is 26.3 Å². The van der Waals surface area contributed by atoms with Gasteiger partial charge in [0, 0.05) is 25.2 Å². The normalized spacial score (nSPS) is 15.9. The second-order valence-corrected chi connectivity index (χ2v) is 8.20. The zero-order chi connectivity index (χ0) is 22.4. The number of ether oxygens (including phenoxy) is 1. The van der Waals surface area contributed by atoms with E-state index in [2.05, 4.69) is 34.5 Å². The number of carbonyl (C=O) groups excluding carboxylic acids is 2. The summed E-state index contributed by atoms with van der Waals surface area (Å²) in [5, 5.41) is 21.4. The maximum atomic E-state index is 12.5. The van der Waals surface area contributed by atoms with Crippen molar-refractivity contribution in [3.8, 4) is 11.1 Å². The summed E-state index contributed by atoms with van der Waals surface area (Å²) in [5.41, 5.74) is 3.49. The Morgan fingerprint density at radius 3 is 2.10 bits per heavy atom. The van der Waals surface area contributed by atoms with E-state index in [0.717, 1.165) is 44.0 Å². The Labute approximate surface area is 181 Å². The molecule has 1 heterocycles. The van der Waals surface area contributed by atoms with E-state index < -0.39 is 23.5 Å². The molecule has 166 valence electrons. The van der Waals surface area contributed by atoms with Crippen LogP contribution in [-0.2, 0) is 16.1 Å². The predicted octanol–water partition coefficient (Wildman–Crippen LogP) is 1.56. The van der Waals surface area contributed by atoms with Crippen molar-refractivity contribution in [2.45, 2.75) is 32.0 Å². The smallest absolute Gasteiger partial charge is 0.268 e. The van der Waals surface area contributed by atoms with E-state index in [-0.39, 0.29) is 0 Å². The van der Waals surface area contributed by atoms with E-state index >= 15 is 0 Å². The Balaban J connectivity index is 1.65. The van der Waals surface area contributed by atoms with Crippen molar-refractivity contribution in [2.24, 2.45) is 0 Å². The van der Waals surface area contributed by atoms with E-state index in [0.29, 0.717) is 5.56 Å². The Kier molecular flexibility index (Phi) is 7.40. The van der Waals surface area contributed by atoms with Crippen molar-refractivity contribution in [3.05, 3.63) is 59.7 Å². The lowest BCUT2D eigenvalue weighted by atomic mass is 9.97. The molecular weight excluding hydrogens is 398 g/mol. The van der Waals surface area contributed by atoms with Gasteiger partial charge in [0.1, 0.15) is 6.04 Å². The van der Waals surface area contributed by atoms with Crippen molar-refractivity contribution in [1.29, 1.82) is 0 Å². The third kappa shape index (κ3) is 6.11. The molecule has 0 spiro atoms. The third-order valence-electron chi connectivity index (χ3n) is 5.30. The van der Waals surface area contributed by atoms with Gasteiger partial charge in [-0.1, -0.05) is 36.4 Å². The molecule has 1 aliphatic rings. The first-order chi connectivity index (χ1) is 14.8. The maximum Gasteiger partial charge on any atom is 0.268 e. The largest absolute Gasteiger partial charge is 0.388 e. The second kappa shape index (κ2) is 10.0. The highest BCUT2D eigenvalue weighted by Gasteiger charge is 2.34. The van der Waals surface area contributed by atoms with E-state index in [1.165, 1.54) is 24.9 Å². The van der Waals surface area contributed by atoms with Crippen LogP contribution in [0.1, 0.15) is 29.8 Å². The van der Waals surface area contributed by atoms with Gasteiger partial charge in [0.2, 0.25) is 0 Å². The maximum absolute atomic E-state index is 12.5. The highest BCUT2D eigenvalue weighted by atomic mass is 16.5. The number of morpholine rings is 1. The number of hydrogen-bond donors (Lipinski definition) is 4. The highest BCUT2D eigenvalue weighted by Crippen LogP contribution is 2.21. The van der Waals surface area contributed by atoms with Crippen LogP contribution in [0.5, 0.6) is 0 Å². The predicted molar refractivity (Wildman–Crippen MR) is 115 cm³/mol. The molecule has 8 heteroatoms. The highest BCUT2D eigenvalue weighted by molar-refractivity contribution is 5.98. The number of carbonyl (C=O) groups is 2. The quantitative estimate of drug-likeness (QED) is 0.394. The Morgan fingerprint density at radius 1 is 1.03 bits per heavy atom. The Bertz CT molecular complexity index is 885. The average Bonchev–Trinajstić information content (AvgIpc) is 2.77. The summed E-state index contributed by atoms with van der Waals surface area (Å²) >= 11 is 0. The molecule has 2 aromatic carbocycles. The standard InChI is InChI=1S/C23H29N3O5/c1-23(2,29)20(22(28)25-30)24-21(27)19-9-7-18(8-10-19)17-5-3-16(4-6-17)15-26-11-13-31-14-12-26/h3-10,20,29-30H,11-15H2,1-2H3,(H,24,27)(H,25,28)/t20-/m1/s1. The SMILES string of the molecule is CC(C)(O)[C@H](NC(=O)c1ccc(-c2ccc(CN3CCOCC3)cc2)cc1)C(=O)NO. The van der Waals surface area contributed by atoms with Crippen LogP contribution in [0.15, 0.2) is 48.5 Å². The summed E-state index contributed by atoms with van der Waals surface area (Å²) in [6.07, 6.45) is 0. The van der Waals surface area contributed by atoms with Gasteiger partial charge in [-0.3, -0.25) is 19.7 Å². The second-order valence-electron chi connectivity index (χ2n) is 8.20. The van der Waals surface area contributed by atoms with Crippen LogP contribution in [-0.4, -0.2) is 65.0 Å². The number of rotatable bonds is 7. The Morgan fingerprint density at radius 2 is 1.58 bits per heavy atom. The van der Waals surface area contributed by atoms with Crippen molar-refractivity contribution in [3.63, 3.8) is 0 Å². The molecule has 1 aliphatic heterocycles. The van der Waals surface area contributed by atoms with Gasteiger partial charge in [-0.2, -0.15) is 0 Å². The van der Waals surface area contributed by atoms with Gasteiger partial charge in [-0.05, 0) is 42.7 Å². The number of hydroxylamine groups is 1. The first kappa shape index (κ1) is 22.9. The molecule has 0 unspecified atom stereocenters. The minimum atomic E-state index is -1.55. The van der Waals surface area contributed by atoms with Gasteiger partial charge < -0.3 is 15.2 Å². The van der Waals surface area contributed by atoms with Crippen LogP contribution in [0.3, 0.4) is 0 Å². The average molecular weight is 428 g/mol. The molecule has 1 atom stereocenters. The van der Waals surface area contributed by atoms with E-state index in [1.54, 1.807) is 12.1 Å². The summed E-state index contributed by atoms with van der Waals surface area (Å²) < 4.78 is 5.38. The molecule has 0 aromatic heterocycles. The summed E-state index contributed by atoms with van der Waals surface area (Å²) in [4.78, 5) is 26.6. The van der Waals surface area contributed by atoms with Gasteiger partial charge in [0.25, 0.3) is 11.8 Å². The van der Waals surface area contributed by atoms with E-state index in [1.807, 2.05) is 12.1 Å². The van der Waals surface area contributed by atoms with Crippen LogP contribution in [0.25, 0.3) is 11.1 Å². The molecule has 2 amide bonds. The molecule has 3 rings (SSSR count). The molecule has 0 radical (unpaired) electrons. The summed E-state index contributed by atoms with van der Waals surface area (Å²) in [7, 11) is 0. The lowest BCUT2D eigenvalue weighted by Crippen LogP contribution is -2.57. The minimum absolute atomic E-state index is 0.340. The lowest BCUT2D eigenvalue weighted by molar-refractivity contribution is -0.136. The third-order valence-corrected chi connectivity index (χ3v) is 5.30. The summed E-state index contributed by atoms with van der Waals surface area (Å²) in [5.74, 6) is -1.42. The van der Waals surface area contributed by atoms with Gasteiger partial charge in [-0.25, -0.2) is 5.48 Å². The fraction of sp³-hybridized carbons (Fsp3) is 0.391. The monoisotopic (exact) mass is 427 g/mol. The number of nitrogens with one attached hydrogen (secondary N) is 2. The van der Waals surface area contributed by atoms with Crippen LogP contribution in [0, 0.1) is 0 Å². The first-order valence-corrected chi connectivity index (χ1v) is 10.2. The molecule has 1 fully saturated rings. The van der Waals surface area contributed by atoms with Crippen LogP contribution >= 0.6 is 0 Å². The fourth-order valence-corrected chi connectivity index (χ4v) is 3.48. The van der Waals surface area contributed by atoms with Crippen molar-refractivity contribution in [1.82, 2.24) is 15.7 Å². The Hall–Kier alpha value is -2.78. The number of nitrogens with zero attached hydrogens (tertiary/aromatic N) is 1. The topological polar surface area (TPSA) is 111 Å². The van der Waals surface area contributed by atoms with Gasteiger partial charge in [0.15, 0.2) is 0 Å². The molecule has 8 nitrogen and oxygen atoms in total. The van der Waals surface area contributed by atoms with Crippen molar-refractivity contribution < 1.29 is 24.6 Å². The minimum Gasteiger partial charge on any atom is -0.388 e. The molecule has 1 saturated heterocycles. The summed E-state index contributed by atoms with van der Waals surface area (Å²) in [6.45, 7) is 7.09. The van der Waals surface area contributed by atoms with Gasteiger partial charge in [0.05, 0.1) is 18.8 Å². The van der Waals surface area contributed by atoms with Gasteiger partial charge in [-0.15, -0.1) is 0 Å². The zero-order valence-electron chi connectivity index (χ0n) is 17.8. The first-order valence-electron chi connectivity index (χ1n) is 10.2. The zero-order valence-corrected chi connectivity index (χ0v) is 17.8. The number of hydrogen-bond acceptors (Lipinski definition) is 6. The van der Waals surface area contributed by atoms with E-state index in [4.69, 9.17) is 9.94 Å². The molecule has 31 heavy (non-hydrogen) atoms. The number of amides is 2. The van der Waals surface area contributed by atoms with Gasteiger partial charge >= 0.3 is 0 Å². The van der Waals surface area contributed by atoms with Crippen LogP contribution < -0.4 is 10.8 Å². The summed E-state index contributed by atoms with van der Waals surface area (Å²) in [6, 6.07) is 14.0.